The quantitative estimate of drug-likeness (QED) is 0.705. The van der Waals surface area contributed by atoms with Crippen LogP contribution in [0.2, 0.25) is 0 Å². The predicted molar refractivity (Wildman–Crippen MR) is 86.4 cm³/mol. The third kappa shape index (κ3) is 6.02. The Labute approximate surface area is 128 Å². The van der Waals surface area contributed by atoms with Gasteiger partial charge in [0.15, 0.2) is 11.6 Å². The van der Waals surface area contributed by atoms with Crippen molar-refractivity contribution in [3.63, 3.8) is 0 Å². The van der Waals surface area contributed by atoms with E-state index in [9.17, 15) is 4.39 Å². The van der Waals surface area contributed by atoms with E-state index in [-0.39, 0.29) is 11.9 Å². The number of rotatable bonds is 9. The minimum atomic E-state index is -0.315. The molecule has 0 amide bonds. The predicted octanol–water partition coefficient (Wildman–Crippen LogP) is 3.61. The van der Waals surface area contributed by atoms with Crippen LogP contribution in [0.3, 0.4) is 0 Å². The second-order valence-corrected chi connectivity index (χ2v) is 5.85. The highest BCUT2D eigenvalue weighted by Gasteiger charge is 2.09. The summed E-state index contributed by atoms with van der Waals surface area (Å²) in [5.41, 5.74) is 1.05. The average Bonchev–Trinajstić information content (AvgIpc) is 2.46. The van der Waals surface area contributed by atoms with Gasteiger partial charge in [-0.25, -0.2) is 4.39 Å². The van der Waals surface area contributed by atoms with Crippen LogP contribution >= 0.6 is 0 Å². The molecule has 0 saturated heterocycles. The van der Waals surface area contributed by atoms with Crippen molar-refractivity contribution < 1.29 is 9.13 Å². The van der Waals surface area contributed by atoms with Crippen LogP contribution in [0.5, 0.6) is 5.75 Å². The lowest BCUT2D eigenvalue weighted by Crippen LogP contribution is -2.28. The van der Waals surface area contributed by atoms with Crippen LogP contribution in [-0.2, 0) is 0 Å². The molecule has 1 aromatic rings. The summed E-state index contributed by atoms with van der Waals surface area (Å²) in [6.45, 7) is 8.60. The minimum Gasteiger partial charge on any atom is -0.494 e. The first-order valence-corrected chi connectivity index (χ1v) is 7.72. The van der Waals surface area contributed by atoms with E-state index < -0.39 is 0 Å². The van der Waals surface area contributed by atoms with E-state index >= 15 is 0 Å². The third-order valence-electron chi connectivity index (χ3n) is 3.94. The largest absolute Gasteiger partial charge is 0.494 e. The number of hydrogen-bond acceptors (Lipinski definition) is 3. The zero-order valence-corrected chi connectivity index (χ0v) is 13.9. The Morgan fingerprint density at radius 3 is 2.57 bits per heavy atom. The van der Waals surface area contributed by atoms with Gasteiger partial charge in [-0.1, -0.05) is 6.07 Å². The molecule has 1 N–H and O–H groups in total. The van der Waals surface area contributed by atoms with Crippen LogP contribution in [0.25, 0.3) is 0 Å². The Bertz CT molecular complexity index is 423. The highest BCUT2D eigenvalue weighted by molar-refractivity contribution is 5.31. The summed E-state index contributed by atoms with van der Waals surface area (Å²) in [4.78, 5) is 2.36. The molecule has 120 valence electrons. The van der Waals surface area contributed by atoms with Crippen molar-refractivity contribution in [2.45, 2.75) is 45.7 Å². The van der Waals surface area contributed by atoms with E-state index in [0.29, 0.717) is 11.8 Å². The molecule has 4 heteroatoms. The Balaban J connectivity index is 2.32. The van der Waals surface area contributed by atoms with Crippen molar-refractivity contribution in [2.75, 3.05) is 27.2 Å². The fraction of sp³-hybridized carbons (Fsp3) is 0.647. The van der Waals surface area contributed by atoms with Gasteiger partial charge < -0.3 is 15.0 Å². The molecule has 0 radical (unpaired) electrons. The maximum Gasteiger partial charge on any atom is 0.165 e. The summed E-state index contributed by atoms with van der Waals surface area (Å²) in [5.74, 6) is -0.00937. The fourth-order valence-electron chi connectivity index (χ4n) is 2.13. The Hall–Kier alpha value is -1.13. The molecule has 21 heavy (non-hydrogen) atoms. The lowest BCUT2D eigenvalue weighted by atomic mass is 10.1. The van der Waals surface area contributed by atoms with Crippen LogP contribution in [0.15, 0.2) is 18.2 Å². The van der Waals surface area contributed by atoms with Crippen molar-refractivity contribution in [1.82, 2.24) is 10.2 Å². The standard InChI is InChI=1S/C17H29FN2O/c1-13(2)20(4)11-7-6-10-19-14(3)15-8-9-16(18)17(12-15)21-5/h8-9,12-14,19H,6-7,10-11H2,1-5H3. The van der Waals surface area contributed by atoms with E-state index in [0.717, 1.165) is 25.1 Å². The third-order valence-corrected chi connectivity index (χ3v) is 3.94. The molecule has 0 bridgehead atoms. The van der Waals surface area contributed by atoms with Gasteiger partial charge in [0.05, 0.1) is 7.11 Å². The number of halogens is 1. The molecule has 3 nitrogen and oxygen atoms in total. The van der Waals surface area contributed by atoms with Crippen LogP contribution < -0.4 is 10.1 Å². The maximum absolute atomic E-state index is 13.4. The molecule has 1 atom stereocenters. The van der Waals surface area contributed by atoms with E-state index in [1.807, 2.05) is 6.07 Å². The second kappa shape index (κ2) is 9.00. The van der Waals surface area contributed by atoms with Gasteiger partial charge in [-0.15, -0.1) is 0 Å². The van der Waals surface area contributed by atoms with Crippen molar-refractivity contribution >= 4 is 0 Å². The van der Waals surface area contributed by atoms with Gasteiger partial charge in [-0.3, -0.25) is 0 Å². The molecule has 0 spiro atoms. The molecule has 0 saturated carbocycles. The number of ether oxygens (including phenoxy) is 1. The number of unbranched alkanes of at least 4 members (excludes halogenated alkanes) is 1. The topological polar surface area (TPSA) is 24.5 Å². The van der Waals surface area contributed by atoms with Crippen molar-refractivity contribution in [3.05, 3.63) is 29.6 Å². The number of nitrogens with one attached hydrogen (secondary N) is 1. The Kier molecular flexibility index (Phi) is 7.68. The van der Waals surface area contributed by atoms with Gasteiger partial charge in [0, 0.05) is 12.1 Å². The SMILES string of the molecule is COc1cc(C(C)NCCCCN(C)C(C)C)ccc1F. The van der Waals surface area contributed by atoms with Gasteiger partial charge in [0.25, 0.3) is 0 Å². The first-order chi connectivity index (χ1) is 9.95. The summed E-state index contributed by atoms with van der Waals surface area (Å²) in [6.07, 6.45) is 2.32. The summed E-state index contributed by atoms with van der Waals surface area (Å²) in [5, 5.41) is 3.48. The number of nitrogens with zero attached hydrogens (tertiary/aromatic N) is 1. The monoisotopic (exact) mass is 296 g/mol. The lowest BCUT2D eigenvalue weighted by molar-refractivity contribution is 0.267. The van der Waals surface area contributed by atoms with Crippen LogP contribution in [-0.4, -0.2) is 38.2 Å². The molecule has 0 fully saturated rings. The maximum atomic E-state index is 13.4. The highest BCUT2D eigenvalue weighted by atomic mass is 19.1. The minimum absolute atomic E-state index is 0.197. The van der Waals surface area contributed by atoms with Crippen molar-refractivity contribution in [2.24, 2.45) is 0 Å². The smallest absolute Gasteiger partial charge is 0.165 e. The summed E-state index contributed by atoms with van der Waals surface area (Å²) < 4.78 is 18.4. The van der Waals surface area contributed by atoms with Crippen LogP contribution in [0, 0.1) is 5.82 Å². The first kappa shape index (κ1) is 17.9. The van der Waals surface area contributed by atoms with Gasteiger partial charge in [-0.05, 0) is 71.4 Å². The van der Waals surface area contributed by atoms with Crippen molar-refractivity contribution in [3.8, 4) is 5.75 Å². The van der Waals surface area contributed by atoms with Crippen molar-refractivity contribution in [1.29, 1.82) is 0 Å². The number of hydrogen-bond donors (Lipinski definition) is 1. The summed E-state index contributed by atoms with van der Waals surface area (Å²) in [6, 6.07) is 5.83. The molecule has 0 aromatic heterocycles. The van der Waals surface area contributed by atoms with Gasteiger partial charge >= 0.3 is 0 Å². The van der Waals surface area contributed by atoms with E-state index in [2.05, 4.69) is 38.0 Å². The van der Waals surface area contributed by atoms with Gasteiger partial charge in [0.1, 0.15) is 0 Å². The summed E-state index contributed by atoms with van der Waals surface area (Å²) >= 11 is 0. The van der Waals surface area contributed by atoms with E-state index in [1.54, 1.807) is 6.07 Å². The molecule has 0 aliphatic carbocycles. The molecule has 1 unspecified atom stereocenters. The van der Waals surface area contributed by atoms with Gasteiger partial charge in [0.2, 0.25) is 0 Å². The second-order valence-electron chi connectivity index (χ2n) is 5.85. The van der Waals surface area contributed by atoms with E-state index in [1.165, 1.54) is 19.6 Å². The Morgan fingerprint density at radius 2 is 1.95 bits per heavy atom. The first-order valence-electron chi connectivity index (χ1n) is 7.72. The molecule has 1 aromatic carbocycles. The average molecular weight is 296 g/mol. The molecular weight excluding hydrogens is 267 g/mol. The highest BCUT2D eigenvalue weighted by Crippen LogP contribution is 2.22. The molecule has 0 aliphatic heterocycles. The van der Waals surface area contributed by atoms with Gasteiger partial charge in [-0.2, -0.15) is 0 Å². The van der Waals surface area contributed by atoms with Crippen LogP contribution in [0.1, 0.15) is 45.2 Å². The zero-order valence-electron chi connectivity index (χ0n) is 13.9. The molecular formula is C17H29FN2O. The molecule has 0 heterocycles. The fourth-order valence-corrected chi connectivity index (χ4v) is 2.13. The van der Waals surface area contributed by atoms with Crippen LogP contribution in [0.4, 0.5) is 4.39 Å². The number of benzene rings is 1. The zero-order chi connectivity index (χ0) is 15.8. The molecule has 1 rings (SSSR count). The lowest BCUT2D eigenvalue weighted by Gasteiger charge is -2.21. The molecule has 0 aliphatic rings. The van der Waals surface area contributed by atoms with E-state index in [4.69, 9.17) is 4.74 Å². The number of methoxy groups -OCH3 is 1. The summed E-state index contributed by atoms with van der Waals surface area (Å²) in [7, 11) is 3.65. The normalized spacial score (nSPS) is 13.0. The Morgan fingerprint density at radius 1 is 1.24 bits per heavy atom.